The van der Waals surface area contributed by atoms with Crippen molar-refractivity contribution < 1.29 is 4.79 Å². The van der Waals surface area contributed by atoms with E-state index in [0.717, 1.165) is 38.0 Å². The fourth-order valence-corrected chi connectivity index (χ4v) is 3.48. The molecule has 1 aromatic carbocycles. The number of ketones is 1. The maximum Gasteiger partial charge on any atom is 0.167 e. The van der Waals surface area contributed by atoms with E-state index >= 15 is 0 Å². The Morgan fingerprint density at radius 3 is 2.96 bits per heavy atom. The monoisotopic (exact) mass is 345 g/mol. The summed E-state index contributed by atoms with van der Waals surface area (Å²) < 4.78 is 1.98. The van der Waals surface area contributed by atoms with Gasteiger partial charge in [-0.2, -0.15) is 5.10 Å². The second-order valence-corrected chi connectivity index (χ2v) is 7.31. The van der Waals surface area contributed by atoms with Crippen molar-refractivity contribution in [1.82, 2.24) is 14.7 Å². The Morgan fingerprint density at radius 1 is 1.42 bits per heavy atom. The highest BCUT2D eigenvalue weighted by molar-refractivity contribution is 6.31. The molecule has 0 unspecified atom stereocenters. The lowest BCUT2D eigenvalue weighted by Gasteiger charge is -2.31. The van der Waals surface area contributed by atoms with Crippen LogP contribution in [0.1, 0.15) is 48.7 Å². The van der Waals surface area contributed by atoms with Crippen molar-refractivity contribution in [2.24, 2.45) is 5.92 Å². The van der Waals surface area contributed by atoms with Crippen LogP contribution >= 0.6 is 11.6 Å². The number of nitrogens with zero attached hydrogens (tertiary/aromatic N) is 3. The van der Waals surface area contributed by atoms with Crippen LogP contribution in [-0.2, 0) is 6.54 Å². The van der Waals surface area contributed by atoms with Gasteiger partial charge in [0, 0.05) is 47.4 Å². The molecule has 5 heteroatoms. The van der Waals surface area contributed by atoms with Gasteiger partial charge >= 0.3 is 0 Å². The zero-order chi connectivity index (χ0) is 17.1. The minimum atomic E-state index is 0.0531. The first-order valence-corrected chi connectivity index (χ1v) is 8.96. The molecule has 2 heterocycles. The summed E-state index contributed by atoms with van der Waals surface area (Å²) in [5.41, 5.74) is 1.93. The summed E-state index contributed by atoms with van der Waals surface area (Å²) in [6.07, 6.45) is 6.04. The topological polar surface area (TPSA) is 38.1 Å². The predicted molar refractivity (Wildman–Crippen MR) is 96.4 cm³/mol. The van der Waals surface area contributed by atoms with Crippen molar-refractivity contribution in [1.29, 1.82) is 0 Å². The first-order valence-electron chi connectivity index (χ1n) is 8.58. The molecular formula is C19H24ClN3O. The van der Waals surface area contributed by atoms with Gasteiger partial charge < -0.3 is 0 Å². The molecule has 0 radical (unpaired) electrons. The molecule has 1 aliphatic rings. The zero-order valence-electron chi connectivity index (χ0n) is 14.3. The van der Waals surface area contributed by atoms with Crippen molar-refractivity contribution in [3.05, 3.63) is 52.8 Å². The number of aromatic nitrogens is 2. The van der Waals surface area contributed by atoms with E-state index in [0.29, 0.717) is 11.1 Å². The number of benzene rings is 1. The lowest BCUT2D eigenvalue weighted by molar-refractivity contribution is 0.0811. The molecule has 4 nitrogen and oxygen atoms in total. The lowest BCUT2D eigenvalue weighted by Crippen LogP contribution is -2.38. The summed E-state index contributed by atoms with van der Waals surface area (Å²) in [5.74, 6) is 0.262. The Kier molecular flexibility index (Phi) is 5.36. The van der Waals surface area contributed by atoms with Crippen LogP contribution in [0.2, 0.25) is 5.02 Å². The first-order chi connectivity index (χ1) is 11.5. The number of likely N-dealkylation sites (tertiary alicyclic amines) is 1. The minimum Gasteiger partial charge on any atom is -0.298 e. The van der Waals surface area contributed by atoms with Gasteiger partial charge in [0.15, 0.2) is 5.78 Å². The minimum absolute atomic E-state index is 0.0531. The van der Waals surface area contributed by atoms with Crippen molar-refractivity contribution in [3.63, 3.8) is 0 Å². The van der Waals surface area contributed by atoms with Crippen molar-refractivity contribution >= 4 is 17.4 Å². The SMILES string of the molecule is CC(C)n1cc(CN2CCC[C@@H](C(=O)c3cccc(Cl)c3)C2)cn1. The summed E-state index contributed by atoms with van der Waals surface area (Å²) in [5, 5.41) is 5.02. The van der Waals surface area contributed by atoms with Crippen LogP contribution in [0.5, 0.6) is 0 Å². The van der Waals surface area contributed by atoms with Gasteiger partial charge in [0.2, 0.25) is 0 Å². The average Bonchev–Trinajstić information content (AvgIpc) is 3.03. The number of hydrogen-bond donors (Lipinski definition) is 0. The number of rotatable bonds is 5. The van der Waals surface area contributed by atoms with Crippen molar-refractivity contribution in [2.45, 2.75) is 39.3 Å². The quantitative estimate of drug-likeness (QED) is 0.762. The molecule has 1 aromatic heterocycles. The van der Waals surface area contributed by atoms with Gasteiger partial charge in [0.1, 0.15) is 0 Å². The highest BCUT2D eigenvalue weighted by atomic mass is 35.5. The maximum absolute atomic E-state index is 12.7. The summed E-state index contributed by atoms with van der Waals surface area (Å²) >= 11 is 6.02. The number of carbonyl (C=O) groups is 1. The van der Waals surface area contributed by atoms with E-state index < -0.39 is 0 Å². The number of carbonyl (C=O) groups excluding carboxylic acids is 1. The third-order valence-corrected chi connectivity index (χ3v) is 4.81. The van der Waals surface area contributed by atoms with Crippen LogP contribution in [0.15, 0.2) is 36.7 Å². The molecule has 1 saturated heterocycles. The molecule has 1 atom stereocenters. The number of piperidine rings is 1. The Hall–Kier alpha value is -1.65. The Balaban J connectivity index is 1.64. The van der Waals surface area contributed by atoms with E-state index in [4.69, 9.17) is 11.6 Å². The molecule has 0 N–H and O–H groups in total. The second kappa shape index (κ2) is 7.49. The number of Topliss-reactive ketones (excluding diaryl/α,β-unsaturated/α-hetero) is 1. The molecule has 0 bridgehead atoms. The molecule has 0 spiro atoms. The van der Waals surface area contributed by atoms with Crippen molar-refractivity contribution in [3.8, 4) is 0 Å². The standard InChI is InChI=1S/C19H24ClN3O/c1-14(2)23-12-15(10-21-23)11-22-8-4-6-17(13-22)19(24)16-5-3-7-18(20)9-16/h3,5,7,9-10,12,14,17H,4,6,8,11,13H2,1-2H3/t17-/m1/s1. The van der Waals surface area contributed by atoms with Gasteiger partial charge in [0.25, 0.3) is 0 Å². The fourth-order valence-electron chi connectivity index (χ4n) is 3.29. The molecule has 1 aliphatic heterocycles. The van der Waals surface area contributed by atoms with Gasteiger partial charge in [-0.05, 0) is 45.4 Å². The van der Waals surface area contributed by atoms with E-state index in [9.17, 15) is 4.79 Å². The number of halogens is 1. The second-order valence-electron chi connectivity index (χ2n) is 6.87. The van der Waals surface area contributed by atoms with E-state index in [1.807, 2.05) is 23.0 Å². The summed E-state index contributed by atoms with van der Waals surface area (Å²) in [6.45, 7) is 6.94. The summed E-state index contributed by atoms with van der Waals surface area (Å²) in [6, 6.07) is 7.65. The molecule has 1 fully saturated rings. The molecule has 0 saturated carbocycles. The van der Waals surface area contributed by atoms with Gasteiger partial charge in [-0.25, -0.2) is 0 Å². The molecule has 3 rings (SSSR count). The Bertz CT molecular complexity index is 710. The van der Waals surface area contributed by atoms with Gasteiger partial charge in [-0.15, -0.1) is 0 Å². The van der Waals surface area contributed by atoms with Crippen LogP contribution in [0, 0.1) is 5.92 Å². The molecule has 0 amide bonds. The summed E-state index contributed by atoms with van der Waals surface area (Å²) in [4.78, 5) is 15.1. The molecule has 0 aliphatic carbocycles. The Morgan fingerprint density at radius 2 is 2.25 bits per heavy atom. The Labute approximate surface area is 148 Å². The zero-order valence-corrected chi connectivity index (χ0v) is 15.0. The van der Waals surface area contributed by atoms with Crippen LogP contribution in [0.3, 0.4) is 0 Å². The molecule has 2 aromatic rings. The van der Waals surface area contributed by atoms with E-state index in [2.05, 4.69) is 30.0 Å². The predicted octanol–water partition coefficient (Wildman–Crippen LogP) is 4.21. The van der Waals surface area contributed by atoms with Crippen LogP contribution in [0.4, 0.5) is 0 Å². The van der Waals surface area contributed by atoms with E-state index in [1.165, 1.54) is 5.56 Å². The maximum atomic E-state index is 12.7. The van der Waals surface area contributed by atoms with E-state index in [-0.39, 0.29) is 11.7 Å². The van der Waals surface area contributed by atoms with E-state index in [1.54, 1.807) is 12.1 Å². The average molecular weight is 346 g/mol. The normalized spacial score (nSPS) is 18.9. The summed E-state index contributed by atoms with van der Waals surface area (Å²) in [7, 11) is 0. The first kappa shape index (κ1) is 17.2. The van der Waals surface area contributed by atoms with Crippen LogP contribution < -0.4 is 0 Å². The largest absolute Gasteiger partial charge is 0.298 e. The lowest BCUT2D eigenvalue weighted by atomic mass is 9.90. The van der Waals surface area contributed by atoms with Gasteiger partial charge in [0.05, 0.1) is 6.20 Å². The van der Waals surface area contributed by atoms with Crippen molar-refractivity contribution in [2.75, 3.05) is 13.1 Å². The smallest absolute Gasteiger partial charge is 0.167 e. The van der Waals surface area contributed by atoms with Gasteiger partial charge in [-0.1, -0.05) is 23.7 Å². The van der Waals surface area contributed by atoms with Gasteiger partial charge in [-0.3, -0.25) is 14.4 Å². The van der Waals surface area contributed by atoms with Crippen LogP contribution in [-0.4, -0.2) is 33.6 Å². The molecule has 128 valence electrons. The highest BCUT2D eigenvalue weighted by Crippen LogP contribution is 2.23. The molecule has 24 heavy (non-hydrogen) atoms. The molecular weight excluding hydrogens is 322 g/mol. The van der Waals surface area contributed by atoms with Crippen LogP contribution in [0.25, 0.3) is 0 Å². The fraction of sp³-hybridized carbons (Fsp3) is 0.474. The third kappa shape index (κ3) is 4.05. The third-order valence-electron chi connectivity index (χ3n) is 4.58. The number of hydrogen-bond acceptors (Lipinski definition) is 3. The highest BCUT2D eigenvalue weighted by Gasteiger charge is 2.26.